The van der Waals surface area contributed by atoms with Gasteiger partial charge in [0.1, 0.15) is 5.75 Å². The van der Waals surface area contributed by atoms with E-state index in [1.165, 1.54) is 16.3 Å². The van der Waals surface area contributed by atoms with E-state index in [2.05, 4.69) is 16.9 Å². The molecule has 0 bridgehead atoms. The number of carbonyl (C=O) groups excluding carboxylic acids is 1. The van der Waals surface area contributed by atoms with Gasteiger partial charge in [0.05, 0.1) is 29.0 Å². The van der Waals surface area contributed by atoms with E-state index in [1.807, 2.05) is 37.3 Å². The summed E-state index contributed by atoms with van der Waals surface area (Å²) < 4.78 is 6.86. The quantitative estimate of drug-likeness (QED) is 0.362. The van der Waals surface area contributed by atoms with Crippen LogP contribution in [0.15, 0.2) is 65.1 Å². The molecule has 29 heavy (non-hydrogen) atoms. The average molecular weight is 410 g/mol. The molecule has 2 aromatic carbocycles. The topological polar surface area (TPSA) is 73.2 Å². The maximum Gasteiger partial charge on any atom is 0.262 e. The van der Waals surface area contributed by atoms with Gasteiger partial charge in [0.25, 0.3) is 5.56 Å². The summed E-state index contributed by atoms with van der Waals surface area (Å²) in [6, 6.07) is 12.8. The number of hydrogen-bond acceptors (Lipinski definition) is 5. The standard InChI is InChI=1S/C22H23N3O3S/c1-5-12-25-21(27)16-8-6-7-9-17(16)24-22(25)29-15(3)20(26)23-18-13-14(2)10-11-19(18)28-4/h5-11,13,15H,1,12H2,2-4H3,(H,23,26)/t15-/m1/s1. The van der Waals surface area contributed by atoms with Gasteiger partial charge in [0.15, 0.2) is 5.16 Å². The molecule has 1 aromatic heterocycles. The van der Waals surface area contributed by atoms with E-state index >= 15 is 0 Å². The number of para-hydroxylation sites is 1. The molecule has 0 radical (unpaired) electrons. The number of rotatable bonds is 7. The Balaban J connectivity index is 1.89. The number of allylic oxidation sites excluding steroid dienone is 1. The van der Waals surface area contributed by atoms with Crippen LogP contribution in [-0.2, 0) is 11.3 Å². The van der Waals surface area contributed by atoms with Crippen LogP contribution in [0.3, 0.4) is 0 Å². The van der Waals surface area contributed by atoms with E-state index in [1.54, 1.807) is 32.2 Å². The number of aromatic nitrogens is 2. The molecule has 1 heterocycles. The van der Waals surface area contributed by atoms with Gasteiger partial charge in [0.2, 0.25) is 5.91 Å². The molecule has 1 atom stereocenters. The minimum absolute atomic E-state index is 0.147. The summed E-state index contributed by atoms with van der Waals surface area (Å²) in [4.78, 5) is 30.2. The maximum absolute atomic E-state index is 12.8. The summed E-state index contributed by atoms with van der Waals surface area (Å²) in [5, 5.41) is 3.44. The molecular formula is C22H23N3O3S. The number of ether oxygens (including phenoxy) is 1. The molecule has 1 amide bonds. The summed E-state index contributed by atoms with van der Waals surface area (Å²) in [6.07, 6.45) is 1.64. The Kier molecular flexibility index (Phi) is 6.39. The second-order valence-electron chi connectivity index (χ2n) is 6.57. The first kappa shape index (κ1) is 20.7. The lowest BCUT2D eigenvalue weighted by Crippen LogP contribution is -2.27. The van der Waals surface area contributed by atoms with Crippen molar-refractivity contribution < 1.29 is 9.53 Å². The second kappa shape index (κ2) is 8.96. The number of aryl methyl sites for hydroxylation is 1. The van der Waals surface area contributed by atoms with Crippen LogP contribution in [0.25, 0.3) is 10.9 Å². The molecule has 6 nitrogen and oxygen atoms in total. The minimum Gasteiger partial charge on any atom is -0.495 e. The van der Waals surface area contributed by atoms with Gasteiger partial charge in [-0.1, -0.05) is 36.0 Å². The molecule has 1 N–H and O–H groups in total. The van der Waals surface area contributed by atoms with Crippen molar-refractivity contribution in [1.82, 2.24) is 9.55 Å². The van der Waals surface area contributed by atoms with E-state index in [0.29, 0.717) is 34.0 Å². The molecule has 0 spiro atoms. The number of fused-ring (bicyclic) bond motifs is 1. The highest BCUT2D eigenvalue weighted by Crippen LogP contribution is 2.28. The van der Waals surface area contributed by atoms with Gasteiger partial charge in [0, 0.05) is 6.54 Å². The van der Waals surface area contributed by atoms with E-state index in [0.717, 1.165) is 5.56 Å². The number of methoxy groups -OCH3 is 1. The zero-order valence-electron chi connectivity index (χ0n) is 16.6. The first-order chi connectivity index (χ1) is 13.9. The molecule has 0 unspecified atom stereocenters. The lowest BCUT2D eigenvalue weighted by Gasteiger charge is -2.16. The third-order valence-electron chi connectivity index (χ3n) is 4.40. The number of anilines is 1. The molecule has 0 fully saturated rings. The van der Waals surface area contributed by atoms with Crippen LogP contribution in [0.2, 0.25) is 0 Å². The van der Waals surface area contributed by atoms with Gasteiger partial charge >= 0.3 is 0 Å². The number of carbonyl (C=O) groups is 1. The van der Waals surface area contributed by atoms with Crippen LogP contribution in [0, 0.1) is 6.92 Å². The molecule has 0 saturated heterocycles. The van der Waals surface area contributed by atoms with Crippen LogP contribution in [0.5, 0.6) is 5.75 Å². The van der Waals surface area contributed by atoms with Crippen LogP contribution >= 0.6 is 11.8 Å². The molecule has 0 aliphatic carbocycles. The summed E-state index contributed by atoms with van der Waals surface area (Å²) in [5.74, 6) is 0.389. The van der Waals surface area contributed by atoms with Crippen molar-refractivity contribution in [2.24, 2.45) is 0 Å². The maximum atomic E-state index is 12.8. The van der Waals surface area contributed by atoms with E-state index in [-0.39, 0.29) is 11.5 Å². The molecule has 7 heteroatoms. The van der Waals surface area contributed by atoms with Gasteiger partial charge in [-0.05, 0) is 43.7 Å². The first-order valence-corrected chi connectivity index (χ1v) is 10.0. The molecule has 0 aliphatic rings. The Morgan fingerprint density at radius 2 is 2.10 bits per heavy atom. The van der Waals surface area contributed by atoms with Crippen LogP contribution in [0.4, 0.5) is 5.69 Å². The molecule has 150 valence electrons. The van der Waals surface area contributed by atoms with E-state index in [4.69, 9.17) is 4.74 Å². The zero-order valence-corrected chi connectivity index (χ0v) is 17.5. The lowest BCUT2D eigenvalue weighted by atomic mass is 10.2. The Hall–Kier alpha value is -3.06. The number of nitrogens with one attached hydrogen (secondary N) is 1. The van der Waals surface area contributed by atoms with Crippen molar-refractivity contribution in [2.75, 3.05) is 12.4 Å². The SMILES string of the molecule is C=CCn1c(S[C@H](C)C(=O)Nc2cc(C)ccc2OC)nc2ccccc2c1=O. The molecule has 3 rings (SSSR count). The Morgan fingerprint density at radius 1 is 1.34 bits per heavy atom. The minimum atomic E-state index is -0.482. The molecular weight excluding hydrogens is 386 g/mol. The number of amides is 1. The fourth-order valence-electron chi connectivity index (χ4n) is 2.89. The predicted molar refractivity (Wildman–Crippen MR) is 118 cm³/mol. The predicted octanol–water partition coefficient (Wildman–Crippen LogP) is 4.02. The van der Waals surface area contributed by atoms with Crippen molar-refractivity contribution in [2.45, 2.75) is 30.8 Å². The largest absolute Gasteiger partial charge is 0.495 e. The smallest absolute Gasteiger partial charge is 0.262 e. The fourth-order valence-corrected chi connectivity index (χ4v) is 3.81. The fraction of sp³-hybridized carbons (Fsp3) is 0.227. The van der Waals surface area contributed by atoms with Gasteiger partial charge in [-0.15, -0.1) is 6.58 Å². The molecule has 0 aliphatic heterocycles. The van der Waals surface area contributed by atoms with Gasteiger partial charge in [-0.2, -0.15) is 0 Å². The van der Waals surface area contributed by atoms with Crippen molar-refractivity contribution in [1.29, 1.82) is 0 Å². The van der Waals surface area contributed by atoms with Crippen LogP contribution < -0.4 is 15.6 Å². The number of benzene rings is 2. The third-order valence-corrected chi connectivity index (χ3v) is 5.49. The highest BCUT2D eigenvalue weighted by molar-refractivity contribution is 8.00. The number of nitrogens with zero attached hydrogens (tertiary/aromatic N) is 2. The second-order valence-corrected chi connectivity index (χ2v) is 7.88. The number of thioether (sulfide) groups is 1. The Labute approximate surface area is 173 Å². The van der Waals surface area contributed by atoms with Gasteiger partial charge in [-0.25, -0.2) is 4.98 Å². The van der Waals surface area contributed by atoms with Gasteiger partial charge in [-0.3, -0.25) is 14.2 Å². The monoisotopic (exact) mass is 409 g/mol. The number of hydrogen-bond donors (Lipinski definition) is 1. The van der Waals surface area contributed by atoms with E-state index in [9.17, 15) is 9.59 Å². The van der Waals surface area contributed by atoms with Crippen LogP contribution in [0.1, 0.15) is 12.5 Å². The zero-order chi connectivity index (χ0) is 21.0. The highest BCUT2D eigenvalue weighted by atomic mass is 32.2. The van der Waals surface area contributed by atoms with Crippen molar-refractivity contribution in [3.05, 3.63) is 71.0 Å². The first-order valence-electron chi connectivity index (χ1n) is 9.17. The molecule has 3 aromatic rings. The summed E-state index contributed by atoms with van der Waals surface area (Å²) in [7, 11) is 1.56. The third kappa shape index (κ3) is 4.51. The van der Waals surface area contributed by atoms with E-state index < -0.39 is 5.25 Å². The van der Waals surface area contributed by atoms with Crippen molar-refractivity contribution >= 4 is 34.3 Å². The summed E-state index contributed by atoms with van der Waals surface area (Å²) in [5.41, 5.74) is 2.08. The Morgan fingerprint density at radius 3 is 2.83 bits per heavy atom. The van der Waals surface area contributed by atoms with Crippen molar-refractivity contribution in [3.8, 4) is 5.75 Å². The summed E-state index contributed by atoms with van der Waals surface area (Å²) in [6.45, 7) is 7.77. The highest BCUT2D eigenvalue weighted by Gasteiger charge is 2.20. The Bertz CT molecular complexity index is 1120. The van der Waals surface area contributed by atoms with Crippen molar-refractivity contribution in [3.63, 3.8) is 0 Å². The normalized spacial score (nSPS) is 11.8. The lowest BCUT2D eigenvalue weighted by molar-refractivity contribution is -0.115. The molecule has 0 saturated carbocycles. The summed E-state index contributed by atoms with van der Waals surface area (Å²) >= 11 is 1.24. The van der Waals surface area contributed by atoms with Crippen LogP contribution in [-0.4, -0.2) is 27.8 Å². The average Bonchev–Trinajstić information content (AvgIpc) is 2.71. The van der Waals surface area contributed by atoms with Gasteiger partial charge < -0.3 is 10.1 Å².